The van der Waals surface area contributed by atoms with Gasteiger partial charge in [0.1, 0.15) is 0 Å². The zero-order valence-corrected chi connectivity index (χ0v) is 13.5. The van der Waals surface area contributed by atoms with E-state index in [9.17, 15) is 9.59 Å². The summed E-state index contributed by atoms with van der Waals surface area (Å²) in [6.07, 6.45) is 0. The minimum absolute atomic E-state index is 0.108. The molecule has 0 fully saturated rings. The number of methoxy groups -OCH3 is 1. The van der Waals surface area contributed by atoms with Gasteiger partial charge in [0.25, 0.3) is 11.8 Å². The van der Waals surface area contributed by atoms with E-state index in [0.29, 0.717) is 23.4 Å². The first kappa shape index (κ1) is 16.7. The Kier molecular flexibility index (Phi) is 5.49. The molecular weight excluding hydrogens is 292 g/mol. The molecule has 2 aromatic rings. The second-order valence-electron chi connectivity index (χ2n) is 5.37. The highest BCUT2D eigenvalue weighted by molar-refractivity contribution is 6.05. The first-order chi connectivity index (χ1) is 11.0. The minimum Gasteiger partial charge on any atom is -0.380 e. The predicted octanol–water partition coefficient (Wildman–Crippen LogP) is 2.79. The number of benzene rings is 2. The summed E-state index contributed by atoms with van der Waals surface area (Å²) >= 11 is 0. The van der Waals surface area contributed by atoms with E-state index in [4.69, 9.17) is 4.74 Å². The summed E-state index contributed by atoms with van der Waals surface area (Å²) in [4.78, 5) is 25.8. The molecule has 23 heavy (non-hydrogen) atoms. The zero-order chi connectivity index (χ0) is 16.8. The Morgan fingerprint density at radius 1 is 1.04 bits per heavy atom. The molecule has 5 nitrogen and oxygen atoms in total. The van der Waals surface area contributed by atoms with Crippen molar-refractivity contribution in [2.24, 2.45) is 0 Å². The van der Waals surface area contributed by atoms with Crippen LogP contribution in [0.4, 0.5) is 5.69 Å². The number of ether oxygens (including phenoxy) is 1. The molecule has 0 aliphatic carbocycles. The number of hydrogen-bond acceptors (Lipinski definition) is 3. The van der Waals surface area contributed by atoms with Gasteiger partial charge in [-0.25, -0.2) is 0 Å². The second-order valence-corrected chi connectivity index (χ2v) is 5.37. The molecule has 2 rings (SSSR count). The van der Waals surface area contributed by atoms with Gasteiger partial charge in [-0.3, -0.25) is 9.59 Å². The molecule has 0 heterocycles. The molecule has 0 saturated heterocycles. The molecule has 0 saturated carbocycles. The third-order valence-electron chi connectivity index (χ3n) is 3.27. The monoisotopic (exact) mass is 312 g/mol. The van der Waals surface area contributed by atoms with E-state index in [2.05, 4.69) is 5.32 Å². The Balaban J connectivity index is 2.15. The van der Waals surface area contributed by atoms with Crippen LogP contribution in [-0.2, 0) is 11.3 Å². The number of nitrogens with one attached hydrogen (secondary N) is 1. The second kappa shape index (κ2) is 7.56. The fraction of sp³-hybridized carbons (Fsp3) is 0.222. The van der Waals surface area contributed by atoms with Crippen molar-refractivity contribution in [2.75, 3.05) is 26.5 Å². The number of carbonyl (C=O) groups is 2. The summed E-state index contributed by atoms with van der Waals surface area (Å²) in [5.41, 5.74) is 2.58. The molecule has 2 aromatic carbocycles. The summed E-state index contributed by atoms with van der Waals surface area (Å²) in [6, 6.07) is 14.1. The first-order valence-electron chi connectivity index (χ1n) is 7.22. The van der Waals surface area contributed by atoms with Crippen LogP contribution in [-0.4, -0.2) is 37.9 Å². The van der Waals surface area contributed by atoms with E-state index in [1.807, 2.05) is 12.1 Å². The van der Waals surface area contributed by atoms with E-state index in [1.165, 1.54) is 4.90 Å². The first-order valence-corrected chi connectivity index (χ1v) is 7.22. The van der Waals surface area contributed by atoms with Crippen molar-refractivity contribution >= 4 is 17.5 Å². The van der Waals surface area contributed by atoms with Crippen molar-refractivity contribution in [1.29, 1.82) is 0 Å². The summed E-state index contributed by atoms with van der Waals surface area (Å²) in [5, 5.41) is 2.81. The lowest BCUT2D eigenvalue weighted by atomic mass is 10.1. The smallest absolute Gasteiger partial charge is 0.255 e. The molecular formula is C18H20N2O3. The molecule has 2 amide bonds. The number of amides is 2. The third kappa shape index (κ3) is 4.40. The lowest BCUT2D eigenvalue weighted by Crippen LogP contribution is -2.22. The molecule has 0 aliphatic rings. The number of rotatable bonds is 5. The van der Waals surface area contributed by atoms with Gasteiger partial charge in [-0.1, -0.05) is 18.2 Å². The van der Waals surface area contributed by atoms with Crippen LogP contribution in [0.2, 0.25) is 0 Å². The number of hydrogen-bond donors (Lipinski definition) is 1. The maximum atomic E-state index is 12.3. The lowest BCUT2D eigenvalue weighted by molar-refractivity contribution is 0.0827. The Hall–Kier alpha value is -2.66. The molecule has 0 unspecified atom stereocenters. The largest absolute Gasteiger partial charge is 0.380 e. The van der Waals surface area contributed by atoms with Crippen molar-refractivity contribution in [3.63, 3.8) is 0 Å². The van der Waals surface area contributed by atoms with Gasteiger partial charge in [-0.2, -0.15) is 0 Å². The van der Waals surface area contributed by atoms with Crippen molar-refractivity contribution < 1.29 is 14.3 Å². The maximum absolute atomic E-state index is 12.3. The average molecular weight is 312 g/mol. The van der Waals surface area contributed by atoms with E-state index < -0.39 is 0 Å². The normalized spacial score (nSPS) is 10.2. The van der Waals surface area contributed by atoms with Gasteiger partial charge in [0.05, 0.1) is 6.61 Å². The summed E-state index contributed by atoms with van der Waals surface area (Å²) in [7, 11) is 4.99. The van der Waals surface area contributed by atoms with Crippen LogP contribution in [0.1, 0.15) is 26.3 Å². The van der Waals surface area contributed by atoms with E-state index >= 15 is 0 Å². The van der Waals surface area contributed by atoms with Gasteiger partial charge in [0, 0.05) is 38.0 Å². The molecule has 0 bridgehead atoms. The highest BCUT2D eigenvalue weighted by Crippen LogP contribution is 2.14. The standard InChI is InChI=1S/C18H20N2O3/c1-20(2)18(22)15-8-5-9-16(11-15)19-17(21)14-7-4-6-13(10-14)12-23-3/h4-11H,12H2,1-3H3,(H,19,21). The van der Waals surface area contributed by atoms with Gasteiger partial charge in [0.15, 0.2) is 0 Å². The molecule has 0 atom stereocenters. The average Bonchev–Trinajstić information content (AvgIpc) is 2.55. The van der Waals surface area contributed by atoms with Crippen LogP contribution < -0.4 is 5.32 Å². The van der Waals surface area contributed by atoms with Crippen LogP contribution in [0, 0.1) is 0 Å². The SMILES string of the molecule is COCc1cccc(C(=O)Nc2cccc(C(=O)N(C)C)c2)c1. The van der Waals surface area contributed by atoms with Crippen LogP contribution in [0.15, 0.2) is 48.5 Å². The van der Waals surface area contributed by atoms with Gasteiger partial charge in [-0.15, -0.1) is 0 Å². The maximum Gasteiger partial charge on any atom is 0.255 e. The van der Waals surface area contributed by atoms with Crippen LogP contribution in [0.5, 0.6) is 0 Å². The lowest BCUT2D eigenvalue weighted by Gasteiger charge is -2.12. The molecule has 0 aliphatic heterocycles. The Bertz CT molecular complexity index is 711. The third-order valence-corrected chi connectivity index (χ3v) is 3.27. The van der Waals surface area contributed by atoms with Crippen molar-refractivity contribution in [3.8, 4) is 0 Å². The van der Waals surface area contributed by atoms with Crippen molar-refractivity contribution in [1.82, 2.24) is 4.90 Å². The topological polar surface area (TPSA) is 58.6 Å². The number of anilines is 1. The zero-order valence-electron chi connectivity index (χ0n) is 13.5. The van der Waals surface area contributed by atoms with E-state index in [0.717, 1.165) is 5.56 Å². The molecule has 120 valence electrons. The van der Waals surface area contributed by atoms with Crippen LogP contribution in [0.25, 0.3) is 0 Å². The van der Waals surface area contributed by atoms with E-state index in [-0.39, 0.29) is 11.8 Å². The summed E-state index contributed by atoms with van der Waals surface area (Å²) < 4.78 is 5.07. The van der Waals surface area contributed by atoms with Crippen LogP contribution >= 0.6 is 0 Å². The number of carbonyl (C=O) groups excluding carboxylic acids is 2. The predicted molar refractivity (Wildman–Crippen MR) is 89.6 cm³/mol. The molecule has 0 radical (unpaired) electrons. The van der Waals surface area contributed by atoms with Gasteiger partial charge in [-0.05, 0) is 35.9 Å². The highest BCUT2D eigenvalue weighted by Gasteiger charge is 2.11. The summed E-state index contributed by atoms with van der Waals surface area (Å²) in [6.45, 7) is 0.452. The minimum atomic E-state index is -0.225. The quantitative estimate of drug-likeness (QED) is 0.923. The molecule has 0 aromatic heterocycles. The highest BCUT2D eigenvalue weighted by atomic mass is 16.5. The van der Waals surface area contributed by atoms with Crippen molar-refractivity contribution in [2.45, 2.75) is 6.61 Å². The van der Waals surface area contributed by atoms with Gasteiger partial charge >= 0.3 is 0 Å². The molecule has 0 spiro atoms. The molecule has 1 N–H and O–H groups in total. The Morgan fingerprint density at radius 2 is 1.74 bits per heavy atom. The van der Waals surface area contributed by atoms with Gasteiger partial charge in [0.2, 0.25) is 0 Å². The summed E-state index contributed by atoms with van der Waals surface area (Å²) in [5.74, 6) is -0.333. The Morgan fingerprint density at radius 3 is 2.43 bits per heavy atom. The fourth-order valence-electron chi connectivity index (χ4n) is 2.16. The van der Waals surface area contributed by atoms with Crippen LogP contribution in [0.3, 0.4) is 0 Å². The van der Waals surface area contributed by atoms with Gasteiger partial charge < -0.3 is 15.0 Å². The van der Waals surface area contributed by atoms with Crippen molar-refractivity contribution in [3.05, 3.63) is 65.2 Å². The fourth-order valence-corrected chi connectivity index (χ4v) is 2.16. The Labute approximate surface area is 135 Å². The number of nitrogens with zero attached hydrogens (tertiary/aromatic N) is 1. The molecule has 5 heteroatoms. The van der Waals surface area contributed by atoms with E-state index in [1.54, 1.807) is 57.6 Å².